The third kappa shape index (κ3) is 7.68. The van der Waals surface area contributed by atoms with Crippen LogP contribution in [0.1, 0.15) is 33.6 Å². The van der Waals surface area contributed by atoms with Gasteiger partial charge in [0.05, 0.1) is 7.11 Å². The topological polar surface area (TPSA) is 38.8 Å². The summed E-state index contributed by atoms with van der Waals surface area (Å²) >= 11 is 0. The van der Waals surface area contributed by atoms with Gasteiger partial charge in [-0.2, -0.15) is 0 Å². The van der Waals surface area contributed by atoms with Gasteiger partial charge < -0.3 is 14.4 Å². The Labute approximate surface area is 137 Å². The van der Waals surface area contributed by atoms with E-state index in [2.05, 4.69) is 6.58 Å². The average molecular weight is 323 g/mol. The van der Waals surface area contributed by atoms with E-state index >= 15 is 0 Å². The van der Waals surface area contributed by atoms with Gasteiger partial charge in [0.15, 0.2) is 0 Å². The Balaban J connectivity index is 0.000000253. The first-order valence-electron chi connectivity index (χ1n) is 7.65. The van der Waals surface area contributed by atoms with Gasteiger partial charge in [-0.3, -0.25) is 0 Å². The molecule has 0 N–H and O–H groups in total. The molecule has 0 unspecified atom stereocenters. The Bertz CT molecular complexity index is 527. The number of amides is 1. The van der Waals surface area contributed by atoms with Gasteiger partial charge in [-0.15, -0.1) is 0 Å². The fourth-order valence-electron chi connectivity index (χ4n) is 1.93. The van der Waals surface area contributed by atoms with Crippen molar-refractivity contribution in [3.8, 4) is 5.75 Å². The predicted molar refractivity (Wildman–Crippen MR) is 89.1 cm³/mol. The molecule has 0 aromatic heterocycles. The van der Waals surface area contributed by atoms with Crippen LogP contribution in [-0.2, 0) is 4.74 Å². The molecule has 1 fully saturated rings. The van der Waals surface area contributed by atoms with Crippen molar-refractivity contribution in [3.05, 3.63) is 42.2 Å². The van der Waals surface area contributed by atoms with Crippen LogP contribution in [0.25, 0.3) is 0 Å². The van der Waals surface area contributed by atoms with Crippen LogP contribution in [0.5, 0.6) is 5.75 Å². The van der Waals surface area contributed by atoms with E-state index in [4.69, 9.17) is 9.47 Å². The number of methoxy groups -OCH3 is 1. The number of halogens is 1. The second-order valence-electron chi connectivity index (χ2n) is 6.38. The Kier molecular flexibility index (Phi) is 7.07. The third-order valence-electron chi connectivity index (χ3n) is 3.15. The third-order valence-corrected chi connectivity index (χ3v) is 3.15. The molecule has 1 saturated heterocycles. The maximum Gasteiger partial charge on any atom is 0.410 e. The summed E-state index contributed by atoms with van der Waals surface area (Å²) in [5.74, 6) is 0.282. The van der Waals surface area contributed by atoms with Crippen LogP contribution in [0.2, 0.25) is 0 Å². The van der Waals surface area contributed by atoms with Crippen molar-refractivity contribution in [3.63, 3.8) is 0 Å². The molecule has 1 amide bonds. The van der Waals surface area contributed by atoms with Crippen molar-refractivity contribution in [1.29, 1.82) is 0 Å². The van der Waals surface area contributed by atoms with Gasteiger partial charge in [0.25, 0.3) is 0 Å². The number of hydrogen-bond donors (Lipinski definition) is 0. The zero-order valence-corrected chi connectivity index (χ0v) is 14.4. The lowest BCUT2D eigenvalue weighted by atomic mass is 10.1. The summed E-state index contributed by atoms with van der Waals surface area (Å²) < 4.78 is 22.3. The maximum atomic E-state index is 12.3. The standard InChI is InChI=1S/C11H19NO2.C7H7FO/c1-9-5-7-12(8-6-9)10(13)14-11(2,3)4;1-9-7-4-2-3-6(8)5-7/h1,5-8H2,2-4H3;2-5H,1H3. The molecule has 0 saturated carbocycles. The van der Waals surface area contributed by atoms with E-state index in [9.17, 15) is 9.18 Å². The quantitative estimate of drug-likeness (QED) is 0.719. The molecule has 1 heterocycles. The first-order valence-corrected chi connectivity index (χ1v) is 7.65. The molecular formula is C18H26FNO3. The van der Waals surface area contributed by atoms with Gasteiger partial charge in [-0.1, -0.05) is 18.2 Å². The first-order chi connectivity index (χ1) is 10.7. The van der Waals surface area contributed by atoms with Crippen LogP contribution in [0.15, 0.2) is 36.4 Å². The highest BCUT2D eigenvalue weighted by Gasteiger charge is 2.23. The van der Waals surface area contributed by atoms with Gasteiger partial charge in [0.1, 0.15) is 17.2 Å². The van der Waals surface area contributed by atoms with Crippen LogP contribution in [-0.4, -0.2) is 36.8 Å². The Morgan fingerprint density at radius 1 is 1.26 bits per heavy atom. The lowest BCUT2D eigenvalue weighted by Gasteiger charge is -2.30. The summed E-state index contributed by atoms with van der Waals surface area (Å²) in [5, 5.41) is 0. The minimum absolute atomic E-state index is 0.204. The molecule has 0 radical (unpaired) electrons. The summed E-state index contributed by atoms with van der Waals surface area (Å²) in [5.41, 5.74) is 0.829. The van der Waals surface area contributed by atoms with Crippen LogP contribution in [0.3, 0.4) is 0 Å². The number of carbonyl (C=O) groups excluding carboxylic acids is 1. The highest BCUT2D eigenvalue weighted by Crippen LogP contribution is 2.17. The summed E-state index contributed by atoms with van der Waals surface area (Å²) in [6, 6.07) is 6.01. The van der Waals surface area contributed by atoms with Crippen molar-refractivity contribution >= 4 is 6.09 Å². The van der Waals surface area contributed by atoms with E-state index in [0.29, 0.717) is 5.75 Å². The lowest BCUT2D eigenvalue weighted by Crippen LogP contribution is -2.40. The maximum absolute atomic E-state index is 12.3. The second kappa shape index (κ2) is 8.56. The van der Waals surface area contributed by atoms with Crippen molar-refractivity contribution in [2.45, 2.75) is 39.2 Å². The predicted octanol–water partition coefficient (Wildman–Crippen LogP) is 4.41. The van der Waals surface area contributed by atoms with Crippen LogP contribution >= 0.6 is 0 Å². The van der Waals surface area contributed by atoms with Gasteiger partial charge in [-0.25, -0.2) is 9.18 Å². The minimum atomic E-state index is -0.397. The molecular weight excluding hydrogens is 297 g/mol. The van der Waals surface area contributed by atoms with E-state index in [0.717, 1.165) is 25.9 Å². The van der Waals surface area contributed by atoms with Crippen molar-refractivity contribution in [2.75, 3.05) is 20.2 Å². The smallest absolute Gasteiger partial charge is 0.410 e. The van der Waals surface area contributed by atoms with E-state index in [1.54, 1.807) is 17.0 Å². The summed E-state index contributed by atoms with van der Waals surface area (Å²) in [6.07, 6.45) is 1.60. The molecule has 1 aromatic carbocycles. The molecule has 0 spiro atoms. The fourth-order valence-corrected chi connectivity index (χ4v) is 1.93. The SMILES string of the molecule is C=C1CCN(C(=O)OC(C)(C)C)CC1.COc1cccc(F)c1. The van der Waals surface area contributed by atoms with E-state index in [1.165, 1.54) is 24.8 Å². The second-order valence-corrected chi connectivity index (χ2v) is 6.38. The molecule has 5 heteroatoms. The van der Waals surface area contributed by atoms with Crippen molar-refractivity contribution in [1.82, 2.24) is 4.90 Å². The number of rotatable bonds is 1. The summed E-state index contributed by atoms with van der Waals surface area (Å²) in [4.78, 5) is 13.3. The van der Waals surface area contributed by atoms with Crippen LogP contribution in [0.4, 0.5) is 9.18 Å². The van der Waals surface area contributed by atoms with E-state index < -0.39 is 5.60 Å². The Morgan fingerprint density at radius 3 is 2.30 bits per heavy atom. The highest BCUT2D eigenvalue weighted by molar-refractivity contribution is 5.68. The van der Waals surface area contributed by atoms with Crippen LogP contribution < -0.4 is 4.74 Å². The highest BCUT2D eigenvalue weighted by atomic mass is 19.1. The number of hydrogen-bond acceptors (Lipinski definition) is 3. The van der Waals surface area contributed by atoms with E-state index in [1.807, 2.05) is 20.8 Å². The largest absolute Gasteiger partial charge is 0.497 e. The molecule has 0 aliphatic carbocycles. The minimum Gasteiger partial charge on any atom is -0.497 e. The zero-order chi connectivity index (χ0) is 17.5. The first kappa shape index (κ1) is 19.0. The van der Waals surface area contributed by atoms with Gasteiger partial charge in [-0.05, 0) is 45.7 Å². The monoisotopic (exact) mass is 323 g/mol. The number of carbonyl (C=O) groups is 1. The molecule has 0 atom stereocenters. The molecule has 1 aliphatic rings. The average Bonchev–Trinajstić information content (AvgIpc) is 2.46. The van der Waals surface area contributed by atoms with Gasteiger partial charge in [0, 0.05) is 19.2 Å². The normalized spacial score (nSPS) is 14.7. The number of piperidine rings is 1. The van der Waals surface area contributed by atoms with Crippen LogP contribution in [0, 0.1) is 5.82 Å². The Morgan fingerprint density at radius 2 is 1.87 bits per heavy atom. The number of ether oxygens (including phenoxy) is 2. The molecule has 0 bridgehead atoms. The summed E-state index contributed by atoms with van der Waals surface area (Å²) in [6.45, 7) is 11.0. The molecule has 23 heavy (non-hydrogen) atoms. The van der Waals surface area contributed by atoms with E-state index in [-0.39, 0.29) is 11.9 Å². The lowest BCUT2D eigenvalue weighted by molar-refractivity contribution is 0.0236. The number of nitrogens with zero attached hydrogens (tertiary/aromatic N) is 1. The molecule has 4 nitrogen and oxygen atoms in total. The molecule has 1 aliphatic heterocycles. The summed E-state index contributed by atoms with van der Waals surface area (Å²) in [7, 11) is 1.51. The Hall–Kier alpha value is -2.04. The molecule has 128 valence electrons. The number of benzene rings is 1. The van der Waals surface area contributed by atoms with Crippen molar-refractivity contribution < 1.29 is 18.7 Å². The van der Waals surface area contributed by atoms with Gasteiger partial charge >= 0.3 is 6.09 Å². The number of likely N-dealkylation sites (tertiary alicyclic amines) is 1. The molecule has 2 rings (SSSR count). The fraction of sp³-hybridized carbons (Fsp3) is 0.500. The van der Waals surface area contributed by atoms with Crippen molar-refractivity contribution in [2.24, 2.45) is 0 Å². The molecule has 1 aromatic rings. The zero-order valence-electron chi connectivity index (χ0n) is 14.4. The van der Waals surface area contributed by atoms with Gasteiger partial charge in [0.2, 0.25) is 0 Å².